The molecule has 0 aromatic heterocycles. The molecule has 2 N–H and O–H groups in total. The minimum atomic E-state index is -4.38. The lowest BCUT2D eigenvalue weighted by Crippen LogP contribution is -2.13. The van der Waals surface area contributed by atoms with Gasteiger partial charge >= 0.3 is 6.18 Å². The van der Waals surface area contributed by atoms with Crippen molar-refractivity contribution in [2.24, 2.45) is 5.73 Å². The zero-order valence-corrected chi connectivity index (χ0v) is 10.7. The highest BCUT2D eigenvalue weighted by molar-refractivity contribution is 5.35. The van der Waals surface area contributed by atoms with Crippen LogP contribution < -0.4 is 5.73 Å². The van der Waals surface area contributed by atoms with Crippen molar-refractivity contribution in [2.75, 3.05) is 0 Å². The average Bonchev–Trinajstić information content (AvgIpc) is 2.36. The Morgan fingerprint density at radius 2 is 1.55 bits per heavy atom. The van der Waals surface area contributed by atoms with Gasteiger partial charge < -0.3 is 5.73 Å². The van der Waals surface area contributed by atoms with Crippen molar-refractivity contribution in [3.05, 3.63) is 70.5 Å². The van der Waals surface area contributed by atoms with Crippen LogP contribution in [-0.2, 0) is 6.18 Å². The zero-order valence-electron chi connectivity index (χ0n) is 10.7. The van der Waals surface area contributed by atoms with Gasteiger partial charge in [-0.3, -0.25) is 0 Å². The van der Waals surface area contributed by atoms with Crippen LogP contribution in [0.15, 0.2) is 42.5 Å². The van der Waals surface area contributed by atoms with E-state index in [0.29, 0.717) is 16.7 Å². The van der Waals surface area contributed by atoms with Gasteiger partial charge in [0.25, 0.3) is 0 Å². The van der Waals surface area contributed by atoms with Crippen LogP contribution in [0.2, 0.25) is 0 Å². The van der Waals surface area contributed by atoms with Gasteiger partial charge in [-0.05, 0) is 47.9 Å². The number of alkyl halides is 3. The highest BCUT2D eigenvalue weighted by Crippen LogP contribution is 2.30. The van der Waals surface area contributed by atoms with E-state index in [-0.39, 0.29) is 0 Å². The van der Waals surface area contributed by atoms with Crippen LogP contribution in [0.1, 0.15) is 28.3 Å². The predicted molar refractivity (Wildman–Crippen MR) is 68.6 cm³/mol. The molecule has 0 heterocycles. The monoisotopic (exact) mass is 283 g/mol. The lowest BCUT2D eigenvalue weighted by atomic mass is 9.97. The van der Waals surface area contributed by atoms with Gasteiger partial charge in [-0.1, -0.05) is 18.2 Å². The Hall–Kier alpha value is -1.88. The Labute approximate surface area is 114 Å². The van der Waals surface area contributed by atoms with E-state index >= 15 is 0 Å². The maximum Gasteiger partial charge on any atom is 0.416 e. The molecule has 0 radical (unpaired) electrons. The predicted octanol–water partition coefficient (Wildman–Crippen LogP) is 4.20. The first-order valence-corrected chi connectivity index (χ1v) is 5.97. The fourth-order valence-electron chi connectivity index (χ4n) is 2.02. The van der Waals surface area contributed by atoms with Crippen molar-refractivity contribution in [1.29, 1.82) is 0 Å². The van der Waals surface area contributed by atoms with Crippen molar-refractivity contribution in [1.82, 2.24) is 0 Å². The molecular weight excluding hydrogens is 270 g/mol. The summed E-state index contributed by atoms with van der Waals surface area (Å²) in [7, 11) is 0. The van der Waals surface area contributed by atoms with Crippen LogP contribution in [0.5, 0.6) is 0 Å². The van der Waals surface area contributed by atoms with Crippen LogP contribution in [0, 0.1) is 12.7 Å². The quantitative estimate of drug-likeness (QED) is 0.821. The second-order valence-corrected chi connectivity index (χ2v) is 4.66. The third-order valence-electron chi connectivity index (χ3n) is 3.02. The van der Waals surface area contributed by atoms with E-state index in [9.17, 15) is 17.6 Å². The number of rotatable bonds is 2. The van der Waals surface area contributed by atoms with Gasteiger partial charge in [0.15, 0.2) is 0 Å². The van der Waals surface area contributed by atoms with E-state index < -0.39 is 23.6 Å². The molecule has 5 heteroatoms. The molecule has 0 aliphatic rings. The fraction of sp³-hybridized carbons (Fsp3) is 0.200. The van der Waals surface area contributed by atoms with Crippen molar-refractivity contribution in [3.8, 4) is 0 Å². The fourth-order valence-corrected chi connectivity index (χ4v) is 2.02. The summed E-state index contributed by atoms with van der Waals surface area (Å²) in [6.07, 6.45) is -4.38. The molecule has 2 rings (SSSR count). The summed E-state index contributed by atoms with van der Waals surface area (Å²) in [5.41, 5.74) is 6.98. The normalized spacial score (nSPS) is 13.3. The first kappa shape index (κ1) is 14.5. The molecule has 0 fully saturated rings. The van der Waals surface area contributed by atoms with Gasteiger partial charge in [-0.2, -0.15) is 13.2 Å². The number of aryl methyl sites for hydroxylation is 1. The van der Waals surface area contributed by atoms with Crippen LogP contribution in [-0.4, -0.2) is 0 Å². The van der Waals surface area contributed by atoms with E-state index in [2.05, 4.69) is 0 Å². The molecule has 0 spiro atoms. The minimum absolute atomic E-state index is 0.414. The van der Waals surface area contributed by atoms with Crippen LogP contribution >= 0.6 is 0 Å². The van der Waals surface area contributed by atoms with Crippen molar-refractivity contribution in [3.63, 3.8) is 0 Å². The number of hydrogen-bond acceptors (Lipinski definition) is 1. The molecule has 1 atom stereocenters. The Bertz CT molecular complexity index is 582. The average molecular weight is 283 g/mol. The molecule has 2 aromatic carbocycles. The highest BCUT2D eigenvalue weighted by atomic mass is 19.4. The van der Waals surface area contributed by atoms with Gasteiger partial charge in [0.1, 0.15) is 5.82 Å². The van der Waals surface area contributed by atoms with E-state index in [0.717, 1.165) is 12.1 Å². The van der Waals surface area contributed by atoms with Crippen LogP contribution in [0.3, 0.4) is 0 Å². The van der Waals surface area contributed by atoms with E-state index in [1.807, 2.05) is 0 Å². The van der Waals surface area contributed by atoms with Gasteiger partial charge in [0.05, 0.1) is 11.6 Å². The summed E-state index contributed by atoms with van der Waals surface area (Å²) in [5.74, 6) is -0.414. The topological polar surface area (TPSA) is 26.0 Å². The summed E-state index contributed by atoms with van der Waals surface area (Å²) < 4.78 is 50.7. The summed E-state index contributed by atoms with van der Waals surface area (Å²) in [4.78, 5) is 0. The first-order valence-electron chi connectivity index (χ1n) is 5.97. The smallest absolute Gasteiger partial charge is 0.320 e. The van der Waals surface area contributed by atoms with Gasteiger partial charge in [0.2, 0.25) is 0 Å². The van der Waals surface area contributed by atoms with Gasteiger partial charge in [-0.15, -0.1) is 0 Å². The lowest BCUT2D eigenvalue weighted by molar-refractivity contribution is -0.137. The molecule has 0 saturated heterocycles. The summed E-state index contributed by atoms with van der Waals surface area (Å²) in [5, 5.41) is 0. The minimum Gasteiger partial charge on any atom is -0.320 e. The molecule has 0 aliphatic carbocycles. The molecule has 0 aliphatic heterocycles. The van der Waals surface area contributed by atoms with E-state index in [1.165, 1.54) is 24.3 Å². The number of halogens is 4. The Morgan fingerprint density at radius 1 is 0.950 bits per heavy atom. The molecule has 20 heavy (non-hydrogen) atoms. The third kappa shape index (κ3) is 3.17. The molecule has 2 aromatic rings. The van der Waals surface area contributed by atoms with Crippen molar-refractivity contribution >= 4 is 0 Å². The maximum absolute atomic E-state index is 13.3. The number of hydrogen-bond donors (Lipinski definition) is 1. The van der Waals surface area contributed by atoms with Gasteiger partial charge in [0, 0.05) is 0 Å². The standard InChI is InChI=1S/C15H13F4N/c1-9-6-11(8-13(16)7-9)14(20)10-2-4-12(5-3-10)15(17,18)19/h2-8,14H,20H2,1H3. The Morgan fingerprint density at radius 3 is 2.05 bits per heavy atom. The summed E-state index contributed by atoms with van der Waals surface area (Å²) in [6.45, 7) is 1.73. The molecule has 0 saturated carbocycles. The Balaban J connectivity index is 2.31. The first-order chi connectivity index (χ1) is 9.27. The zero-order chi connectivity index (χ0) is 14.9. The second-order valence-electron chi connectivity index (χ2n) is 4.66. The second kappa shape index (κ2) is 5.25. The van der Waals surface area contributed by atoms with E-state index in [1.54, 1.807) is 13.0 Å². The molecule has 1 nitrogen and oxygen atoms in total. The van der Waals surface area contributed by atoms with Crippen molar-refractivity contribution < 1.29 is 17.6 Å². The molecule has 0 bridgehead atoms. The SMILES string of the molecule is Cc1cc(F)cc(C(N)c2ccc(C(F)(F)F)cc2)c1. The molecule has 106 valence electrons. The third-order valence-corrected chi connectivity index (χ3v) is 3.02. The molecule has 0 amide bonds. The number of nitrogens with two attached hydrogens (primary N) is 1. The molecule has 1 unspecified atom stereocenters. The van der Waals surface area contributed by atoms with Crippen LogP contribution in [0.25, 0.3) is 0 Å². The van der Waals surface area contributed by atoms with E-state index in [4.69, 9.17) is 5.73 Å². The molecular formula is C15H13F4N. The lowest BCUT2D eigenvalue weighted by Gasteiger charge is -2.15. The van der Waals surface area contributed by atoms with Crippen LogP contribution in [0.4, 0.5) is 17.6 Å². The number of benzene rings is 2. The van der Waals surface area contributed by atoms with Gasteiger partial charge in [-0.25, -0.2) is 4.39 Å². The van der Waals surface area contributed by atoms with Crippen molar-refractivity contribution in [2.45, 2.75) is 19.1 Å². The Kier molecular flexibility index (Phi) is 3.81. The summed E-state index contributed by atoms with van der Waals surface area (Å²) >= 11 is 0. The largest absolute Gasteiger partial charge is 0.416 e. The highest BCUT2D eigenvalue weighted by Gasteiger charge is 2.30. The maximum atomic E-state index is 13.3. The summed E-state index contributed by atoms with van der Waals surface area (Å²) in [6, 6.07) is 8.28.